The number of hydrogen-bond donors (Lipinski definition) is 2. The highest BCUT2D eigenvalue weighted by Gasteiger charge is 2.19. The van der Waals surface area contributed by atoms with Crippen LogP contribution >= 0.6 is 0 Å². The van der Waals surface area contributed by atoms with Gasteiger partial charge in [-0.15, -0.1) is 6.42 Å². The fourth-order valence-electron chi connectivity index (χ4n) is 3.18. The minimum Gasteiger partial charge on any atom is -0.490 e. The van der Waals surface area contributed by atoms with Crippen molar-refractivity contribution < 1.29 is 19.1 Å². The number of terminal acetylenes is 1. The zero-order valence-corrected chi connectivity index (χ0v) is 21.2. The first-order chi connectivity index (χ1) is 15.9. The number of aldehydes is 1. The molecular weight excluding hydrogens is 416 g/mol. The van der Waals surface area contributed by atoms with Crippen LogP contribution in [0.2, 0.25) is 0 Å². The van der Waals surface area contributed by atoms with Gasteiger partial charge >= 0.3 is 0 Å². The lowest BCUT2D eigenvalue weighted by Crippen LogP contribution is -2.34. The second kappa shape index (κ2) is 17.9. The van der Waals surface area contributed by atoms with E-state index in [1.165, 1.54) is 0 Å². The van der Waals surface area contributed by atoms with Crippen molar-refractivity contribution in [3.63, 3.8) is 0 Å². The van der Waals surface area contributed by atoms with E-state index >= 15 is 0 Å². The van der Waals surface area contributed by atoms with Crippen LogP contribution in [0.25, 0.3) is 0 Å². The van der Waals surface area contributed by atoms with Crippen molar-refractivity contribution in [1.29, 1.82) is 0 Å². The Bertz CT molecular complexity index is 764. The third kappa shape index (κ3) is 11.2. The van der Waals surface area contributed by atoms with Crippen molar-refractivity contribution in [2.75, 3.05) is 20.1 Å². The van der Waals surface area contributed by atoms with Crippen LogP contribution in [-0.2, 0) is 9.59 Å². The van der Waals surface area contributed by atoms with Gasteiger partial charge in [-0.25, -0.2) is 0 Å². The summed E-state index contributed by atoms with van der Waals surface area (Å²) in [5.74, 6) is 3.37. The molecule has 33 heavy (non-hydrogen) atoms. The Kier molecular flexibility index (Phi) is 16.4. The SMILES string of the molecule is C#Cc1ccc(OC2CCNCC2)cc1C(=O)C(C)CC.CC.CNC(=O)C(C)CCC=O. The number of carbonyl (C=O) groups is 3. The van der Waals surface area contributed by atoms with Crippen molar-refractivity contribution in [3.8, 4) is 18.1 Å². The van der Waals surface area contributed by atoms with Gasteiger partial charge in [0, 0.05) is 36.4 Å². The van der Waals surface area contributed by atoms with Crippen LogP contribution in [0.1, 0.15) is 82.6 Å². The molecule has 2 unspecified atom stereocenters. The summed E-state index contributed by atoms with van der Waals surface area (Å²) in [7, 11) is 1.60. The fourth-order valence-corrected chi connectivity index (χ4v) is 3.18. The van der Waals surface area contributed by atoms with Gasteiger partial charge in [0.1, 0.15) is 18.1 Å². The van der Waals surface area contributed by atoms with Crippen LogP contribution in [0.5, 0.6) is 5.75 Å². The molecular formula is C27H42N2O4. The molecule has 1 aromatic rings. The van der Waals surface area contributed by atoms with Gasteiger partial charge in [0.05, 0.1) is 0 Å². The predicted molar refractivity (Wildman–Crippen MR) is 135 cm³/mol. The van der Waals surface area contributed by atoms with E-state index in [1.54, 1.807) is 7.05 Å². The van der Waals surface area contributed by atoms with Crippen molar-refractivity contribution in [2.24, 2.45) is 11.8 Å². The molecule has 1 aliphatic heterocycles. The first-order valence-electron chi connectivity index (χ1n) is 12.0. The lowest BCUT2D eigenvalue weighted by molar-refractivity contribution is -0.124. The van der Waals surface area contributed by atoms with Gasteiger partial charge in [0.15, 0.2) is 5.78 Å². The molecule has 2 N–H and O–H groups in total. The molecule has 1 fully saturated rings. The van der Waals surface area contributed by atoms with E-state index in [4.69, 9.17) is 11.2 Å². The molecule has 6 heteroatoms. The maximum atomic E-state index is 12.4. The Morgan fingerprint density at radius 2 is 1.88 bits per heavy atom. The molecule has 6 nitrogen and oxygen atoms in total. The largest absolute Gasteiger partial charge is 0.490 e. The second-order valence-corrected chi connectivity index (χ2v) is 7.85. The average molecular weight is 459 g/mol. The summed E-state index contributed by atoms with van der Waals surface area (Å²) in [6, 6.07) is 5.49. The zero-order valence-electron chi connectivity index (χ0n) is 21.2. The van der Waals surface area contributed by atoms with Gasteiger partial charge in [-0.05, 0) is 57.0 Å². The number of Topliss-reactive ketones (excluding diaryl/α,β-unsaturated/α-hetero) is 1. The molecule has 1 aromatic carbocycles. The number of ether oxygens (including phenoxy) is 1. The fraction of sp³-hybridized carbons (Fsp3) is 0.593. The zero-order chi connectivity index (χ0) is 25.2. The molecule has 0 bridgehead atoms. The van der Waals surface area contributed by atoms with Crippen molar-refractivity contribution in [3.05, 3.63) is 29.3 Å². The molecule has 0 aliphatic carbocycles. The van der Waals surface area contributed by atoms with E-state index in [0.717, 1.165) is 44.4 Å². The van der Waals surface area contributed by atoms with E-state index < -0.39 is 0 Å². The van der Waals surface area contributed by atoms with Gasteiger partial charge < -0.3 is 20.2 Å². The number of nitrogens with one attached hydrogen (secondary N) is 2. The van der Waals surface area contributed by atoms with Crippen LogP contribution in [0, 0.1) is 24.2 Å². The maximum absolute atomic E-state index is 12.4. The lowest BCUT2D eigenvalue weighted by atomic mass is 9.93. The van der Waals surface area contributed by atoms with Crippen molar-refractivity contribution in [1.82, 2.24) is 10.6 Å². The van der Waals surface area contributed by atoms with Crippen LogP contribution in [-0.4, -0.2) is 44.2 Å². The van der Waals surface area contributed by atoms with Crippen molar-refractivity contribution >= 4 is 18.0 Å². The summed E-state index contributed by atoms with van der Waals surface area (Å²) in [4.78, 5) is 33.1. The monoisotopic (exact) mass is 458 g/mol. The third-order valence-corrected chi connectivity index (χ3v) is 5.47. The molecule has 2 rings (SSSR count). The highest BCUT2D eigenvalue weighted by Crippen LogP contribution is 2.23. The van der Waals surface area contributed by atoms with E-state index in [0.29, 0.717) is 24.0 Å². The molecule has 0 aromatic heterocycles. The first kappa shape index (κ1) is 30.4. The third-order valence-electron chi connectivity index (χ3n) is 5.47. The molecule has 184 valence electrons. The number of amides is 1. The molecule has 1 saturated heterocycles. The Morgan fingerprint density at radius 1 is 1.24 bits per heavy atom. The van der Waals surface area contributed by atoms with Crippen LogP contribution < -0.4 is 15.4 Å². The summed E-state index contributed by atoms with van der Waals surface area (Å²) in [5.41, 5.74) is 1.26. The molecule has 0 saturated carbocycles. The lowest BCUT2D eigenvalue weighted by Gasteiger charge is -2.24. The minimum atomic E-state index is -0.0461. The Morgan fingerprint density at radius 3 is 2.39 bits per heavy atom. The molecule has 1 heterocycles. The highest BCUT2D eigenvalue weighted by molar-refractivity contribution is 6.00. The summed E-state index contributed by atoms with van der Waals surface area (Å²) < 4.78 is 6.00. The maximum Gasteiger partial charge on any atom is 0.222 e. The quantitative estimate of drug-likeness (QED) is 0.325. The van der Waals surface area contributed by atoms with E-state index in [9.17, 15) is 14.4 Å². The minimum absolute atomic E-state index is 0.00171. The van der Waals surface area contributed by atoms with Crippen LogP contribution in [0.4, 0.5) is 0 Å². The topological polar surface area (TPSA) is 84.5 Å². The Balaban J connectivity index is 0.000000722. The smallest absolute Gasteiger partial charge is 0.222 e. The molecule has 1 amide bonds. The number of benzene rings is 1. The van der Waals surface area contributed by atoms with Gasteiger partial charge in [0.2, 0.25) is 5.91 Å². The molecule has 0 radical (unpaired) electrons. The average Bonchev–Trinajstić information content (AvgIpc) is 2.87. The van der Waals surface area contributed by atoms with Gasteiger partial charge in [0.25, 0.3) is 0 Å². The Hall–Kier alpha value is -2.65. The second-order valence-electron chi connectivity index (χ2n) is 7.85. The molecule has 1 aliphatic rings. The standard InChI is InChI=1S/C18H23NO2.C7H13NO2.C2H6/c1-4-13(3)18(20)17-12-16(7-6-14(17)5-2)21-15-8-10-19-11-9-15;1-6(4-3-5-9)7(10)8-2;1-2/h2,6-7,12-13,15,19H,4,8-11H2,1,3H3;5-6H,3-4H2,1-2H3,(H,8,10);1-2H3. The van der Waals surface area contributed by atoms with Crippen LogP contribution in [0.3, 0.4) is 0 Å². The normalized spacial score (nSPS) is 14.7. The van der Waals surface area contributed by atoms with Gasteiger partial charge in [-0.2, -0.15) is 0 Å². The van der Waals surface area contributed by atoms with E-state index in [1.807, 2.05) is 52.8 Å². The summed E-state index contributed by atoms with van der Waals surface area (Å²) in [6.45, 7) is 11.7. The number of hydrogen-bond acceptors (Lipinski definition) is 5. The number of piperidine rings is 1. The summed E-state index contributed by atoms with van der Waals surface area (Å²) in [6.07, 6.45) is 10.5. The van der Waals surface area contributed by atoms with Crippen molar-refractivity contribution in [2.45, 2.75) is 72.8 Å². The number of rotatable bonds is 9. The summed E-state index contributed by atoms with van der Waals surface area (Å²) in [5, 5.41) is 5.83. The van der Waals surface area contributed by atoms with E-state index in [2.05, 4.69) is 16.6 Å². The number of carbonyl (C=O) groups excluding carboxylic acids is 3. The summed E-state index contributed by atoms with van der Waals surface area (Å²) >= 11 is 0. The number of ketones is 1. The molecule has 0 spiro atoms. The first-order valence-corrected chi connectivity index (χ1v) is 12.0. The van der Waals surface area contributed by atoms with Gasteiger partial charge in [-0.3, -0.25) is 9.59 Å². The Labute approximate surface area is 200 Å². The van der Waals surface area contributed by atoms with Crippen LogP contribution in [0.15, 0.2) is 18.2 Å². The predicted octanol–water partition coefficient (Wildman–Crippen LogP) is 4.40. The highest BCUT2D eigenvalue weighted by atomic mass is 16.5. The molecule has 2 atom stereocenters. The van der Waals surface area contributed by atoms with E-state index in [-0.39, 0.29) is 29.6 Å². The van der Waals surface area contributed by atoms with Gasteiger partial charge in [-0.1, -0.05) is 40.5 Å².